The Kier molecular flexibility index (Phi) is 8.28. The highest BCUT2D eigenvalue weighted by Gasteiger charge is 2.30. The molecule has 0 heterocycles. The van der Waals surface area contributed by atoms with Crippen molar-refractivity contribution >= 4 is 55.1 Å². The van der Waals surface area contributed by atoms with Crippen molar-refractivity contribution in [1.82, 2.24) is 10.2 Å². The van der Waals surface area contributed by atoms with E-state index in [9.17, 15) is 18.0 Å². The van der Waals surface area contributed by atoms with Crippen molar-refractivity contribution in [3.63, 3.8) is 0 Å². The Balaban J connectivity index is 2.40. The van der Waals surface area contributed by atoms with Crippen LogP contribution in [0.3, 0.4) is 0 Å². The van der Waals surface area contributed by atoms with E-state index in [-0.39, 0.29) is 23.2 Å². The van der Waals surface area contributed by atoms with Crippen LogP contribution in [0.1, 0.15) is 12.5 Å². The minimum Gasteiger partial charge on any atom is -0.357 e. The van der Waals surface area contributed by atoms with Crippen molar-refractivity contribution in [1.29, 1.82) is 0 Å². The van der Waals surface area contributed by atoms with Crippen molar-refractivity contribution in [2.24, 2.45) is 0 Å². The van der Waals surface area contributed by atoms with E-state index in [0.29, 0.717) is 0 Å². The van der Waals surface area contributed by atoms with Crippen LogP contribution in [0.2, 0.25) is 5.02 Å². The number of anilines is 1. The quantitative estimate of drug-likeness (QED) is 0.584. The number of nitrogens with one attached hydrogen (secondary N) is 1. The normalized spacial score (nSPS) is 12.2. The van der Waals surface area contributed by atoms with Gasteiger partial charge in [-0.15, -0.1) is 0 Å². The summed E-state index contributed by atoms with van der Waals surface area (Å²) in [5.41, 5.74) is 0.988. The second kappa shape index (κ2) is 10.3. The molecule has 2 aromatic rings. The van der Waals surface area contributed by atoms with Crippen LogP contribution in [0.5, 0.6) is 0 Å². The molecule has 0 saturated carbocycles. The fourth-order valence-corrected chi connectivity index (χ4v) is 4.47. The smallest absolute Gasteiger partial charge is 0.244 e. The Bertz CT molecular complexity index is 1030. The molecule has 2 amide bonds. The summed E-state index contributed by atoms with van der Waals surface area (Å²) < 4.78 is 26.6. The molecule has 0 radical (unpaired) electrons. The van der Waals surface area contributed by atoms with Crippen LogP contribution in [-0.4, -0.2) is 51.0 Å². The molecule has 0 aliphatic rings. The standard InChI is InChI=1S/C20H23BrClN3O4S/c1-14(20(27)23-2)24(12-15-7-6-8-16(21)11-15)19(26)13-25(30(3,28)29)18-10-5-4-9-17(18)22/h4-11,14H,12-13H2,1-3H3,(H,23,27)/t14-/m0/s1. The largest absolute Gasteiger partial charge is 0.357 e. The van der Waals surface area contributed by atoms with E-state index >= 15 is 0 Å². The molecule has 1 N–H and O–H groups in total. The maximum Gasteiger partial charge on any atom is 0.244 e. The lowest BCUT2D eigenvalue weighted by molar-refractivity contribution is -0.139. The fourth-order valence-electron chi connectivity index (χ4n) is 2.87. The number of amides is 2. The van der Waals surface area contributed by atoms with Crippen molar-refractivity contribution < 1.29 is 18.0 Å². The zero-order valence-corrected chi connectivity index (χ0v) is 20.0. The van der Waals surface area contributed by atoms with Crippen LogP contribution in [0.4, 0.5) is 5.69 Å². The number of likely N-dealkylation sites (N-methyl/N-ethyl adjacent to an activating group) is 1. The Morgan fingerprint density at radius 1 is 1.17 bits per heavy atom. The highest BCUT2D eigenvalue weighted by molar-refractivity contribution is 9.10. The van der Waals surface area contributed by atoms with Gasteiger partial charge in [0.2, 0.25) is 21.8 Å². The molecule has 0 spiro atoms. The molecule has 0 aromatic heterocycles. The van der Waals surface area contributed by atoms with Crippen molar-refractivity contribution in [3.8, 4) is 0 Å². The van der Waals surface area contributed by atoms with Gasteiger partial charge < -0.3 is 10.2 Å². The Labute approximate surface area is 190 Å². The number of rotatable bonds is 8. The van der Waals surface area contributed by atoms with E-state index in [1.165, 1.54) is 18.0 Å². The molecule has 1 atom stereocenters. The molecule has 0 unspecified atom stereocenters. The summed E-state index contributed by atoms with van der Waals surface area (Å²) >= 11 is 9.56. The van der Waals surface area contributed by atoms with Crippen LogP contribution >= 0.6 is 27.5 Å². The monoisotopic (exact) mass is 515 g/mol. The second-order valence-electron chi connectivity index (χ2n) is 6.66. The summed E-state index contributed by atoms with van der Waals surface area (Å²) in [6.45, 7) is 1.24. The molecule has 0 saturated heterocycles. The first kappa shape index (κ1) is 24.2. The lowest BCUT2D eigenvalue weighted by atomic mass is 10.1. The van der Waals surface area contributed by atoms with E-state index in [4.69, 9.17) is 11.6 Å². The predicted molar refractivity (Wildman–Crippen MR) is 122 cm³/mol. The summed E-state index contributed by atoms with van der Waals surface area (Å²) in [6, 6.07) is 12.9. The lowest BCUT2D eigenvalue weighted by Gasteiger charge is -2.31. The van der Waals surface area contributed by atoms with Crippen LogP contribution in [-0.2, 0) is 26.2 Å². The van der Waals surface area contributed by atoms with Gasteiger partial charge in [0.25, 0.3) is 0 Å². The lowest BCUT2D eigenvalue weighted by Crippen LogP contribution is -2.50. The molecule has 7 nitrogen and oxygen atoms in total. The molecular weight excluding hydrogens is 494 g/mol. The molecule has 0 aliphatic heterocycles. The van der Waals surface area contributed by atoms with Crippen LogP contribution < -0.4 is 9.62 Å². The van der Waals surface area contributed by atoms with Crippen molar-refractivity contribution in [2.75, 3.05) is 24.2 Å². The maximum atomic E-state index is 13.2. The molecular formula is C20H23BrClN3O4S. The van der Waals surface area contributed by atoms with Gasteiger partial charge in [0.15, 0.2) is 0 Å². The highest BCUT2D eigenvalue weighted by Crippen LogP contribution is 2.27. The van der Waals surface area contributed by atoms with Crippen molar-refractivity contribution in [2.45, 2.75) is 19.5 Å². The number of halogens is 2. The van der Waals surface area contributed by atoms with E-state index in [1.807, 2.05) is 24.3 Å². The highest BCUT2D eigenvalue weighted by atomic mass is 79.9. The summed E-state index contributed by atoms with van der Waals surface area (Å²) in [5, 5.41) is 2.73. The molecule has 2 rings (SSSR count). The SMILES string of the molecule is CNC(=O)[C@H](C)N(Cc1cccc(Br)c1)C(=O)CN(c1ccccc1Cl)S(C)(=O)=O. The second-order valence-corrected chi connectivity index (χ2v) is 9.89. The average Bonchev–Trinajstić information content (AvgIpc) is 2.69. The number of sulfonamides is 1. The number of carbonyl (C=O) groups excluding carboxylic acids is 2. The summed E-state index contributed by atoms with van der Waals surface area (Å²) in [4.78, 5) is 26.8. The first-order valence-electron chi connectivity index (χ1n) is 9.02. The molecule has 10 heteroatoms. The third kappa shape index (κ3) is 6.20. The van der Waals surface area contributed by atoms with Crippen LogP contribution in [0, 0.1) is 0 Å². The van der Waals surface area contributed by atoms with Gasteiger partial charge in [0.1, 0.15) is 12.6 Å². The zero-order chi connectivity index (χ0) is 22.5. The first-order valence-corrected chi connectivity index (χ1v) is 12.0. The van der Waals surface area contributed by atoms with E-state index in [0.717, 1.165) is 20.6 Å². The van der Waals surface area contributed by atoms with Gasteiger partial charge in [0, 0.05) is 18.1 Å². The van der Waals surface area contributed by atoms with E-state index < -0.39 is 28.5 Å². The predicted octanol–water partition coefficient (Wildman–Crippen LogP) is 3.03. The molecule has 0 aliphatic carbocycles. The minimum absolute atomic E-state index is 0.132. The maximum absolute atomic E-state index is 13.2. The number of hydrogen-bond donors (Lipinski definition) is 1. The van der Waals surface area contributed by atoms with Gasteiger partial charge in [-0.3, -0.25) is 13.9 Å². The third-order valence-electron chi connectivity index (χ3n) is 4.46. The summed E-state index contributed by atoms with van der Waals surface area (Å²) in [6.07, 6.45) is 1.00. The molecule has 0 fully saturated rings. The van der Waals surface area contributed by atoms with Crippen LogP contribution in [0.15, 0.2) is 53.0 Å². The van der Waals surface area contributed by atoms with Crippen LogP contribution in [0.25, 0.3) is 0 Å². The summed E-state index contributed by atoms with van der Waals surface area (Å²) in [7, 11) is -2.33. The van der Waals surface area contributed by atoms with Gasteiger partial charge in [-0.25, -0.2) is 8.42 Å². The Morgan fingerprint density at radius 3 is 2.40 bits per heavy atom. The minimum atomic E-state index is -3.81. The molecule has 0 bridgehead atoms. The van der Waals surface area contributed by atoms with Gasteiger partial charge >= 0.3 is 0 Å². The fraction of sp³-hybridized carbons (Fsp3) is 0.300. The summed E-state index contributed by atoms with van der Waals surface area (Å²) in [5.74, 6) is -0.890. The Hall–Kier alpha value is -2.10. The van der Waals surface area contributed by atoms with Crippen molar-refractivity contribution in [3.05, 3.63) is 63.6 Å². The topological polar surface area (TPSA) is 86.8 Å². The number of nitrogens with zero attached hydrogens (tertiary/aromatic N) is 2. The molecule has 162 valence electrons. The average molecular weight is 517 g/mol. The van der Waals surface area contributed by atoms with Gasteiger partial charge in [-0.2, -0.15) is 0 Å². The third-order valence-corrected chi connectivity index (χ3v) is 6.40. The van der Waals surface area contributed by atoms with Gasteiger partial charge in [-0.1, -0.05) is 51.8 Å². The van der Waals surface area contributed by atoms with Gasteiger partial charge in [0.05, 0.1) is 17.0 Å². The molecule has 30 heavy (non-hydrogen) atoms. The first-order chi connectivity index (χ1) is 14.0. The zero-order valence-electron chi connectivity index (χ0n) is 16.8. The Morgan fingerprint density at radius 2 is 1.83 bits per heavy atom. The molecule has 2 aromatic carbocycles. The van der Waals surface area contributed by atoms with E-state index in [1.54, 1.807) is 25.1 Å². The number of benzene rings is 2. The number of para-hydroxylation sites is 1. The number of carbonyl (C=O) groups is 2. The van der Waals surface area contributed by atoms with E-state index in [2.05, 4.69) is 21.2 Å². The number of hydrogen-bond acceptors (Lipinski definition) is 4. The van der Waals surface area contributed by atoms with Gasteiger partial charge in [-0.05, 0) is 36.8 Å².